The van der Waals surface area contributed by atoms with Gasteiger partial charge in [0.05, 0.1) is 0 Å². The number of rotatable bonds is 2. The van der Waals surface area contributed by atoms with Crippen molar-refractivity contribution in [2.24, 2.45) is 0 Å². The van der Waals surface area contributed by atoms with Crippen LogP contribution in [0, 0.1) is 0 Å². The molecule has 0 aliphatic rings. The lowest BCUT2D eigenvalue weighted by molar-refractivity contribution is 0.475. The molecule has 0 heterocycles. The number of phenolic OH excluding ortho intramolecular Hbond substituents is 1. The smallest absolute Gasteiger partial charge is 0.115 e. The van der Waals surface area contributed by atoms with Crippen LogP contribution in [0.5, 0.6) is 5.75 Å². The highest BCUT2D eigenvalue weighted by Gasteiger charge is 1.89. The Labute approximate surface area is 68.3 Å². The van der Waals surface area contributed by atoms with E-state index in [1.165, 1.54) is 0 Å². The molecule has 0 amide bonds. The molecule has 1 rings (SSSR count). The minimum atomic E-state index is 0.316. The van der Waals surface area contributed by atoms with Crippen LogP contribution < -0.4 is 0 Å². The predicted molar refractivity (Wildman–Crippen MR) is 47.9 cm³/mol. The molecule has 1 aromatic carbocycles. The van der Waals surface area contributed by atoms with Gasteiger partial charge in [0.15, 0.2) is 0 Å². The van der Waals surface area contributed by atoms with Gasteiger partial charge in [-0.1, -0.05) is 23.3 Å². The Balaban J connectivity index is 2.84. The summed E-state index contributed by atoms with van der Waals surface area (Å²) in [7, 11) is 0.920. The molecule has 0 radical (unpaired) electrons. The van der Waals surface area contributed by atoms with Crippen molar-refractivity contribution >= 4 is 21.5 Å². The Morgan fingerprint density at radius 2 is 2.30 bits per heavy atom. The van der Waals surface area contributed by atoms with Crippen LogP contribution in [0.15, 0.2) is 24.3 Å². The van der Waals surface area contributed by atoms with Crippen molar-refractivity contribution < 1.29 is 5.11 Å². The second-order valence-electron chi connectivity index (χ2n) is 1.96. The maximum atomic E-state index is 9.00. The molecule has 10 heavy (non-hydrogen) atoms. The van der Waals surface area contributed by atoms with Crippen LogP contribution in [0.25, 0.3) is 0 Å². The van der Waals surface area contributed by atoms with Gasteiger partial charge in [0.2, 0.25) is 0 Å². The Morgan fingerprint density at radius 1 is 1.50 bits per heavy atom. The van der Waals surface area contributed by atoms with Gasteiger partial charge in [0.1, 0.15) is 5.75 Å². The van der Waals surface area contributed by atoms with Crippen LogP contribution >= 0.6 is 0 Å². The van der Waals surface area contributed by atoms with E-state index in [0.717, 1.165) is 21.6 Å². The first-order chi connectivity index (χ1) is 4.83. The molecule has 0 spiro atoms. The maximum absolute atomic E-state index is 9.00. The van der Waals surface area contributed by atoms with E-state index in [0.29, 0.717) is 5.75 Å². The third-order valence-electron chi connectivity index (χ3n) is 1.16. The lowest BCUT2D eigenvalue weighted by Crippen LogP contribution is -1.79. The van der Waals surface area contributed by atoms with E-state index in [9.17, 15) is 0 Å². The fraction of sp³-hybridized carbons (Fsp3) is 0.143. The van der Waals surface area contributed by atoms with Crippen LogP contribution in [0.1, 0.15) is 5.56 Å². The van der Waals surface area contributed by atoms with E-state index in [1.807, 2.05) is 12.1 Å². The second-order valence-corrected chi connectivity index (χ2v) is 3.31. The highest BCUT2D eigenvalue weighted by molar-refractivity contribution is 8.17. The lowest BCUT2D eigenvalue weighted by Gasteiger charge is -1.94. The van der Waals surface area contributed by atoms with Crippen LogP contribution in [0.2, 0.25) is 0 Å². The van der Waals surface area contributed by atoms with E-state index >= 15 is 0 Å². The third-order valence-corrected chi connectivity index (χ3v) is 2.04. The molecule has 3 heteroatoms. The average molecular weight is 172 g/mol. The predicted octanol–water partition coefficient (Wildman–Crippen LogP) is 1.17. The van der Waals surface area contributed by atoms with Crippen molar-refractivity contribution in [3.8, 4) is 5.75 Å². The minimum absolute atomic E-state index is 0.316. The van der Waals surface area contributed by atoms with Crippen LogP contribution in [0.4, 0.5) is 0 Å². The summed E-state index contributed by atoms with van der Waals surface area (Å²) in [6.45, 7) is 0. The van der Waals surface area contributed by atoms with Gasteiger partial charge in [-0.15, -0.1) is 10.3 Å². The standard InChI is InChI=1S/C7H8OS2/c8-7-3-1-2-6(4-7)5-10-9/h1-4,8,10H,5H2. The lowest BCUT2D eigenvalue weighted by atomic mass is 10.2. The first-order valence-electron chi connectivity index (χ1n) is 2.90. The molecule has 0 aliphatic heterocycles. The van der Waals surface area contributed by atoms with Gasteiger partial charge in [-0.05, 0) is 17.7 Å². The quantitative estimate of drug-likeness (QED) is 0.653. The SMILES string of the molecule is Oc1cccc(C[SH]=S)c1. The van der Waals surface area contributed by atoms with Gasteiger partial charge in [-0.25, -0.2) is 0 Å². The third kappa shape index (κ3) is 2.08. The number of hydrogen-bond acceptors (Lipinski definition) is 2. The fourth-order valence-electron chi connectivity index (χ4n) is 0.729. The number of aromatic hydroxyl groups is 1. The summed E-state index contributed by atoms with van der Waals surface area (Å²) in [5, 5.41) is 9.00. The summed E-state index contributed by atoms with van der Waals surface area (Å²) >= 11 is 4.77. The molecule has 1 nitrogen and oxygen atoms in total. The van der Waals surface area contributed by atoms with E-state index in [4.69, 9.17) is 16.3 Å². The monoisotopic (exact) mass is 172 g/mol. The Morgan fingerprint density at radius 3 is 2.90 bits per heavy atom. The molecule has 0 atom stereocenters. The topological polar surface area (TPSA) is 20.2 Å². The van der Waals surface area contributed by atoms with E-state index in [-0.39, 0.29) is 0 Å². The van der Waals surface area contributed by atoms with Crippen LogP contribution in [-0.2, 0) is 27.3 Å². The molecule has 0 fully saturated rings. The first kappa shape index (κ1) is 7.69. The van der Waals surface area contributed by atoms with E-state index < -0.39 is 0 Å². The van der Waals surface area contributed by atoms with Crippen molar-refractivity contribution in [2.75, 3.05) is 0 Å². The molecule has 0 saturated carbocycles. The zero-order valence-corrected chi connectivity index (χ0v) is 7.03. The largest absolute Gasteiger partial charge is 0.508 e. The maximum Gasteiger partial charge on any atom is 0.115 e. The molecule has 0 saturated heterocycles. The van der Waals surface area contributed by atoms with Crippen molar-refractivity contribution in [1.82, 2.24) is 0 Å². The van der Waals surface area contributed by atoms with Gasteiger partial charge >= 0.3 is 0 Å². The summed E-state index contributed by atoms with van der Waals surface area (Å²) in [5.74, 6) is 1.15. The zero-order chi connectivity index (χ0) is 7.40. The minimum Gasteiger partial charge on any atom is -0.508 e. The van der Waals surface area contributed by atoms with Crippen molar-refractivity contribution in [3.63, 3.8) is 0 Å². The Bertz CT molecular complexity index is 235. The van der Waals surface area contributed by atoms with Crippen molar-refractivity contribution in [2.45, 2.75) is 5.75 Å². The summed E-state index contributed by atoms with van der Waals surface area (Å²) in [4.78, 5) is 0. The van der Waals surface area contributed by atoms with Gasteiger partial charge in [-0.2, -0.15) is 0 Å². The fourth-order valence-corrected chi connectivity index (χ4v) is 1.52. The zero-order valence-electron chi connectivity index (χ0n) is 5.32. The Hall–Kier alpha value is -0.410. The molecule has 0 unspecified atom stereocenters. The average Bonchev–Trinajstić information content (AvgIpc) is 1.88. The molecule has 1 N–H and O–H groups in total. The van der Waals surface area contributed by atoms with Crippen molar-refractivity contribution in [3.05, 3.63) is 29.8 Å². The summed E-state index contributed by atoms with van der Waals surface area (Å²) < 4.78 is 0. The summed E-state index contributed by atoms with van der Waals surface area (Å²) in [6, 6.07) is 7.17. The summed E-state index contributed by atoms with van der Waals surface area (Å²) in [6.07, 6.45) is 0. The first-order valence-corrected chi connectivity index (χ1v) is 4.99. The van der Waals surface area contributed by atoms with Crippen LogP contribution in [-0.4, -0.2) is 5.11 Å². The van der Waals surface area contributed by atoms with Gasteiger partial charge in [0, 0.05) is 5.75 Å². The number of benzene rings is 1. The van der Waals surface area contributed by atoms with E-state index in [1.54, 1.807) is 12.1 Å². The highest BCUT2D eigenvalue weighted by Crippen LogP contribution is 2.10. The molecule has 0 bridgehead atoms. The summed E-state index contributed by atoms with van der Waals surface area (Å²) in [5.41, 5.74) is 1.09. The number of phenols is 1. The molecular formula is C7H8OS2. The number of hydrogen-bond donors (Lipinski definition) is 2. The molecule has 0 aromatic heterocycles. The Kier molecular flexibility index (Phi) is 2.83. The highest BCUT2D eigenvalue weighted by atomic mass is 32.8. The molecule has 54 valence electrons. The van der Waals surface area contributed by atoms with Gasteiger partial charge in [-0.3, -0.25) is 0 Å². The molecular weight excluding hydrogens is 164 g/mol. The van der Waals surface area contributed by atoms with Crippen LogP contribution in [0.3, 0.4) is 0 Å². The van der Waals surface area contributed by atoms with Crippen molar-refractivity contribution in [1.29, 1.82) is 0 Å². The second kappa shape index (κ2) is 3.68. The molecule has 1 aromatic rings. The van der Waals surface area contributed by atoms with Gasteiger partial charge < -0.3 is 5.11 Å². The molecule has 0 aliphatic carbocycles. The normalized spacial score (nSPS) is 9.60. The number of thiol groups is 1. The van der Waals surface area contributed by atoms with Gasteiger partial charge in [0.25, 0.3) is 0 Å². The van der Waals surface area contributed by atoms with E-state index in [2.05, 4.69) is 0 Å².